The average Bonchev–Trinajstić information content (AvgIpc) is 2.13. The van der Waals surface area contributed by atoms with Gasteiger partial charge in [-0.2, -0.15) is 0 Å². The summed E-state index contributed by atoms with van der Waals surface area (Å²) in [5, 5.41) is 8.85. The molecule has 0 amide bonds. The van der Waals surface area contributed by atoms with Gasteiger partial charge in [0, 0.05) is 0 Å². The summed E-state index contributed by atoms with van der Waals surface area (Å²) in [6.07, 6.45) is 0. The lowest BCUT2D eigenvalue weighted by Gasteiger charge is -1.94. The summed E-state index contributed by atoms with van der Waals surface area (Å²) in [6.45, 7) is 1.12. The zero-order chi connectivity index (χ0) is 10.2. The topological polar surface area (TPSA) is 20.2 Å². The highest BCUT2D eigenvalue weighted by atomic mass is 16.3. The fourth-order valence-electron chi connectivity index (χ4n) is 0.568. The molecule has 0 spiro atoms. The predicted octanol–water partition coefficient (Wildman–Crippen LogP) is 1.49. The summed E-state index contributed by atoms with van der Waals surface area (Å²) >= 11 is 0. The highest BCUT2D eigenvalue weighted by molar-refractivity contribution is 5.21. The highest BCUT2D eigenvalue weighted by Crippen LogP contribution is 2.02. The van der Waals surface area contributed by atoms with Gasteiger partial charge >= 0.3 is 0 Å². The lowest BCUT2D eigenvalue weighted by atomic mass is 10.1. The van der Waals surface area contributed by atoms with Gasteiger partial charge in [-0.05, 0) is 12.5 Å². The number of benzene rings is 1. The zero-order valence-electron chi connectivity index (χ0n) is 9.15. The normalized spacial score (nSPS) is 15.8. The van der Waals surface area contributed by atoms with Crippen molar-refractivity contribution < 1.29 is 10.6 Å². The van der Waals surface area contributed by atoms with Gasteiger partial charge in [-0.3, -0.25) is 0 Å². The fourth-order valence-corrected chi connectivity index (χ4v) is 0.568. The van der Waals surface area contributed by atoms with Crippen LogP contribution in [0.5, 0.6) is 0 Å². The van der Waals surface area contributed by atoms with E-state index in [1.54, 1.807) is 6.92 Å². The minimum Gasteiger partial charge on any atom is -0.392 e. The van der Waals surface area contributed by atoms with Crippen LogP contribution in [0.15, 0.2) is 24.2 Å². The molecular formula is C8H10O. The van der Waals surface area contributed by atoms with Gasteiger partial charge in [-0.15, -0.1) is 0 Å². The van der Waals surface area contributed by atoms with Crippen LogP contribution in [-0.2, 0) is 6.61 Å². The number of aliphatic hydroxyl groups excluding tert-OH is 1. The third-order valence-electron chi connectivity index (χ3n) is 0.960. The van der Waals surface area contributed by atoms with Crippen molar-refractivity contribution in [2.75, 3.05) is 0 Å². The molecule has 1 nitrogen and oxygen atoms in total. The van der Waals surface area contributed by atoms with Crippen molar-refractivity contribution >= 4 is 0 Å². The minimum absolute atomic E-state index is 0.00602. The van der Waals surface area contributed by atoms with E-state index < -0.39 is 6.61 Å². The van der Waals surface area contributed by atoms with Crippen LogP contribution < -0.4 is 0 Å². The van der Waals surface area contributed by atoms with Crippen molar-refractivity contribution in [1.29, 1.82) is 0 Å². The Bertz CT molecular complexity index is 319. The standard InChI is InChI=1S/C8H10O/c1-7-3-2-4-8(5-7)6-9/h2-5,9H,6H2,1H3/i2D,3D,4D,5D. The number of hydrogen-bond acceptors (Lipinski definition) is 1. The van der Waals surface area contributed by atoms with Crippen molar-refractivity contribution in [3.05, 3.63) is 35.3 Å². The largest absolute Gasteiger partial charge is 0.392 e. The van der Waals surface area contributed by atoms with Gasteiger partial charge in [0.05, 0.1) is 12.1 Å². The van der Waals surface area contributed by atoms with Gasteiger partial charge in [-0.25, -0.2) is 0 Å². The Morgan fingerprint density at radius 3 is 3.11 bits per heavy atom. The summed E-state index contributed by atoms with van der Waals surface area (Å²) < 4.78 is 29.6. The smallest absolute Gasteiger partial charge is 0.0681 e. The first-order valence-electron chi connectivity index (χ1n) is 4.67. The average molecular weight is 126 g/mol. The van der Waals surface area contributed by atoms with Crippen LogP contribution in [0.4, 0.5) is 0 Å². The number of rotatable bonds is 1. The Hall–Kier alpha value is -0.820. The molecular weight excluding hydrogens is 112 g/mol. The summed E-state index contributed by atoms with van der Waals surface area (Å²) in [6, 6.07) is -0.554. The van der Waals surface area contributed by atoms with Crippen molar-refractivity contribution in [1.82, 2.24) is 0 Å². The van der Waals surface area contributed by atoms with Crippen LogP contribution in [0.1, 0.15) is 16.6 Å². The van der Waals surface area contributed by atoms with Crippen LogP contribution in [0, 0.1) is 6.92 Å². The van der Waals surface area contributed by atoms with Crippen LogP contribution in [0.25, 0.3) is 0 Å². The maximum Gasteiger partial charge on any atom is 0.0681 e. The quantitative estimate of drug-likeness (QED) is 0.604. The third kappa shape index (κ3) is 1.54. The zero-order valence-corrected chi connectivity index (χ0v) is 5.15. The Kier molecular flexibility index (Phi) is 0.836. The Balaban J connectivity index is 3.56. The SMILES string of the molecule is [2H]c1c([2H])c(C)c([2H])c(CO)c1[2H]. The molecule has 1 rings (SSSR count). The summed E-state index contributed by atoms with van der Waals surface area (Å²) in [4.78, 5) is 0. The third-order valence-corrected chi connectivity index (χ3v) is 0.960. The second kappa shape index (κ2) is 2.65. The predicted molar refractivity (Wildman–Crippen MR) is 37.1 cm³/mol. The first-order chi connectivity index (χ1) is 6.00. The molecule has 1 aromatic carbocycles. The van der Waals surface area contributed by atoms with Gasteiger partial charge in [0.25, 0.3) is 0 Å². The summed E-state index contributed by atoms with van der Waals surface area (Å²) in [5.41, 5.74) is 0.462. The van der Waals surface area contributed by atoms with E-state index in [1.165, 1.54) is 0 Å². The number of aliphatic hydroxyl groups is 1. The summed E-state index contributed by atoms with van der Waals surface area (Å²) in [7, 11) is 0. The molecule has 1 N–H and O–H groups in total. The van der Waals surface area contributed by atoms with Crippen LogP contribution in [-0.4, -0.2) is 5.11 Å². The van der Waals surface area contributed by atoms with E-state index in [1.807, 2.05) is 0 Å². The molecule has 0 fully saturated rings. The molecule has 1 aromatic rings. The Labute approximate surface area is 60.6 Å². The van der Waals surface area contributed by atoms with Gasteiger partial charge in [0.1, 0.15) is 0 Å². The molecule has 0 saturated heterocycles. The monoisotopic (exact) mass is 126 g/mol. The van der Waals surface area contributed by atoms with E-state index in [-0.39, 0.29) is 29.7 Å². The summed E-state index contributed by atoms with van der Waals surface area (Å²) in [5.74, 6) is 0. The second-order valence-corrected chi connectivity index (χ2v) is 1.76. The van der Waals surface area contributed by atoms with Gasteiger partial charge < -0.3 is 5.11 Å². The minimum atomic E-state index is -0.426. The van der Waals surface area contributed by atoms with Gasteiger partial charge in [-0.1, -0.05) is 29.7 Å². The molecule has 0 bridgehead atoms. The highest BCUT2D eigenvalue weighted by Gasteiger charge is 1.86. The van der Waals surface area contributed by atoms with E-state index in [0.717, 1.165) is 0 Å². The molecule has 0 radical (unpaired) electrons. The van der Waals surface area contributed by atoms with Crippen LogP contribution >= 0.6 is 0 Å². The molecule has 9 heavy (non-hydrogen) atoms. The maximum absolute atomic E-state index is 8.85. The Morgan fingerprint density at radius 2 is 2.44 bits per heavy atom. The Morgan fingerprint density at radius 1 is 1.67 bits per heavy atom. The first kappa shape index (κ1) is 2.84. The van der Waals surface area contributed by atoms with Crippen LogP contribution in [0.3, 0.4) is 0 Å². The molecule has 0 atom stereocenters. The molecule has 0 aliphatic heterocycles. The van der Waals surface area contributed by atoms with E-state index in [0.29, 0.717) is 5.56 Å². The van der Waals surface area contributed by atoms with E-state index >= 15 is 0 Å². The molecule has 0 aromatic heterocycles. The molecule has 0 aliphatic carbocycles. The molecule has 0 unspecified atom stereocenters. The van der Waals surface area contributed by atoms with Crippen molar-refractivity contribution in [3.8, 4) is 0 Å². The number of hydrogen-bond donors (Lipinski definition) is 1. The van der Waals surface area contributed by atoms with Crippen molar-refractivity contribution in [2.24, 2.45) is 0 Å². The second-order valence-electron chi connectivity index (χ2n) is 1.76. The molecule has 48 valence electrons. The van der Waals surface area contributed by atoms with Crippen molar-refractivity contribution in [3.63, 3.8) is 0 Å². The maximum atomic E-state index is 8.85. The van der Waals surface area contributed by atoms with Crippen LogP contribution in [0.2, 0.25) is 0 Å². The molecule has 1 heteroatoms. The molecule has 0 heterocycles. The fraction of sp³-hybridized carbons (Fsp3) is 0.250. The van der Waals surface area contributed by atoms with E-state index in [2.05, 4.69) is 0 Å². The van der Waals surface area contributed by atoms with Gasteiger partial charge in [0.15, 0.2) is 0 Å². The van der Waals surface area contributed by atoms with E-state index in [9.17, 15) is 0 Å². The molecule has 0 aliphatic rings. The van der Waals surface area contributed by atoms with Crippen molar-refractivity contribution in [2.45, 2.75) is 13.5 Å². The van der Waals surface area contributed by atoms with E-state index in [4.69, 9.17) is 10.6 Å². The lowest BCUT2D eigenvalue weighted by molar-refractivity contribution is 0.282. The van der Waals surface area contributed by atoms with Gasteiger partial charge in [0.2, 0.25) is 0 Å². The molecule has 0 saturated carbocycles. The first-order valence-corrected chi connectivity index (χ1v) is 2.67. The lowest BCUT2D eigenvalue weighted by Crippen LogP contribution is -1.81.